The summed E-state index contributed by atoms with van der Waals surface area (Å²) in [5.41, 5.74) is 7.24. The number of rotatable bonds is 5. The van der Waals surface area contributed by atoms with E-state index in [4.69, 9.17) is 15.1 Å². The van der Waals surface area contributed by atoms with Crippen LogP contribution in [0, 0.1) is 24.2 Å². The lowest BCUT2D eigenvalue weighted by Gasteiger charge is -2.18. The second kappa shape index (κ2) is 8.10. The molecular weight excluding hydrogens is 360 g/mol. The zero-order chi connectivity index (χ0) is 20.4. The minimum atomic E-state index is 0.441. The third-order valence-electron chi connectivity index (χ3n) is 5.18. The summed E-state index contributed by atoms with van der Waals surface area (Å²) in [6, 6.07) is 16.1. The number of hydrogen-bond acceptors (Lipinski definition) is 4. The number of ether oxygens (including phenoxy) is 1. The minimum Gasteiger partial charge on any atom is -0.491 e. The van der Waals surface area contributed by atoms with E-state index in [2.05, 4.69) is 38.2 Å². The van der Waals surface area contributed by atoms with Crippen molar-refractivity contribution >= 4 is 0 Å². The summed E-state index contributed by atoms with van der Waals surface area (Å²) in [7, 11) is 0. The molecule has 0 saturated heterocycles. The monoisotopic (exact) mass is 386 g/mol. The van der Waals surface area contributed by atoms with E-state index in [1.54, 1.807) is 0 Å². The van der Waals surface area contributed by atoms with Crippen molar-refractivity contribution in [2.24, 2.45) is 5.92 Å². The zero-order valence-electron chi connectivity index (χ0n) is 17.2. The number of para-hydroxylation sites is 1. The fraction of sp³-hybridized carbons (Fsp3) is 0.333. The smallest absolute Gasteiger partial charge is 0.145 e. The fourth-order valence-corrected chi connectivity index (χ4v) is 3.74. The van der Waals surface area contributed by atoms with Crippen LogP contribution in [0.25, 0.3) is 16.9 Å². The Kier molecular flexibility index (Phi) is 5.37. The molecule has 0 saturated carbocycles. The normalized spacial score (nSPS) is 13.2. The number of nitrogens with one attached hydrogen (secondary N) is 1. The second-order valence-corrected chi connectivity index (χ2v) is 7.93. The predicted octanol–water partition coefficient (Wildman–Crippen LogP) is 4.40. The molecule has 1 aromatic heterocycles. The molecule has 1 aliphatic heterocycles. The van der Waals surface area contributed by atoms with Crippen molar-refractivity contribution in [3.8, 4) is 28.8 Å². The first-order valence-electron chi connectivity index (χ1n) is 10.1. The molecule has 5 nitrogen and oxygen atoms in total. The van der Waals surface area contributed by atoms with Crippen LogP contribution < -0.4 is 10.1 Å². The van der Waals surface area contributed by atoms with E-state index in [9.17, 15) is 0 Å². The Morgan fingerprint density at radius 1 is 1.21 bits per heavy atom. The van der Waals surface area contributed by atoms with Gasteiger partial charge in [-0.05, 0) is 36.6 Å². The number of aromatic nitrogens is 2. The number of nitrogens with zero attached hydrogens (tertiary/aromatic N) is 3. The van der Waals surface area contributed by atoms with E-state index in [1.165, 1.54) is 5.56 Å². The topological polar surface area (TPSA) is 62.9 Å². The second-order valence-electron chi connectivity index (χ2n) is 7.93. The predicted molar refractivity (Wildman–Crippen MR) is 114 cm³/mol. The van der Waals surface area contributed by atoms with E-state index in [-0.39, 0.29) is 0 Å². The molecule has 0 aliphatic carbocycles. The third-order valence-corrected chi connectivity index (χ3v) is 5.18. The van der Waals surface area contributed by atoms with Crippen LogP contribution >= 0.6 is 0 Å². The molecule has 0 unspecified atom stereocenters. The van der Waals surface area contributed by atoms with Crippen molar-refractivity contribution in [2.75, 3.05) is 13.2 Å². The largest absolute Gasteiger partial charge is 0.491 e. The van der Waals surface area contributed by atoms with Gasteiger partial charge in [0.2, 0.25) is 0 Å². The van der Waals surface area contributed by atoms with Gasteiger partial charge in [0.05, 0.1) is 29.6 Å². The standard InChI is InChI=1S/C24H26N4O/c1-16(2)15-29-22-6-4-5-17(3)23(22)28-24(19-9-7-18(13-25)8-10-19)20-14-26-12-11-21(20)27-28/h4-10,16,26H,11-12,14-15H2,1-3H3. The van der Waals surface area contributed by atoms with Gasteiger partial charge in [-0.2, -0.15) is 10.4 Å². The van der Waals surface area contributed by atoms with Gasteiger partial charge in [0.25, 0.3) is 0 Å². The van der Waals surface area contributed by atoms with Crippen molar-refractivity contribution in [1.29, 1.82) is 5.26 Å². The lowest BCUT2D eigenvalue weighted by Crippen LogP contribution is -2.23. The first-order chi connectivity index (χ1) is 14.1. The molecular formula is C24H26N4O. The SMILES string of the molecule is Cc1cccc(OCC(C)C)c1-n1nc2c(c1-c1ccc(C#N)cc1)CNCC2. The summed E-state index contributed by atoms with van der Waals surface area (Å²) < 4.78 is 8.22. The number of aryl methyl sites for hydroxylation is 1. The van der Waals surface area contributed by atoms with E-state index >= 15 is 0 Å². The highest BCUT2D eigenvalue weighted by Gasteiger charge is 2.24. The van der Waals surface area contributed by atoms with Crippen LogP contribution in [0.3, 0.4) is 0 Å². The van der Waals surface area contributed by atoms with Crippen LogP contribution in [0.15, 0.2) is 42.5 Å². The zero-order valence-corrected chi connectivity index (χ0v) is 17.2. The summed E-state index contributed by atoms with van der Waals surface area (Å²) in [6.45, 7) is 8.77. The summed E-state index contributed by atoms with van der Waals surface area (Å²) in [5.74, 6) is 1.29. The summed E-state index contributed by atoms with van der Waals surface area (Å²) in [4.78, 5) is 0. The fourth-order valence-electron chi connectivity index (χ4n) is 3.74. The minimum absolute atomic E-state index is 0.441. The van der Waals surface area contributed by atoms with E-state index in [0.717, 1.165) is 53.5 Å². The Morgan fingerprint density at radius 2 is 2.00 bits per heavy atom. The number of nitriles is 1. The number of fused-ring (bicyclic) bond motifs is 1. The first-order valence-corrected chi connectivity index (χ1v) is 10.1. The maximum atomic E-state index is 9.17. The number of hydrogen-bond donors (Lipinski definition) is 1. The van der Waals surface area contributed by atoms with Gasteiger partial charge in [0.1, 0.15) is 11.4 Å². The van der Waals surface area contributed by atoms with E-state index in [0.29, 0.717) is 18.1 Å². The van der Waals surface area contributed by atoms with Crippen LogP contribution in [-0.2, 0) is 13.0 Å². The maximum absolute atomic E-state index is 9.17. The molecule has 5 heteroatoms. The molecule has 148 valence electrons. The quantitative estimate of drug-likeness (QED) is 0.706. The highest BCUT2D eigenvalue weighted by atomic mass is 16.5. The molecule has 0 atom stereocenters. The molecule has 0 amide bonds. The van der Waals surface area contributed by atoms with Gasteiger partial charge in [0.15, 0.2) is 0 Å². The molecule has 0 fully saturated rings. The maximum Gasteiger partial charge on any atom is 0.145 e. The van der Waals surface area contributed by atoms with E-state index < -0.39 is 0 Å². The van der Waals surface area contributed by atoms with Crippen molar-refractivity contribution in [2.45, 2.75) is 33.7 Å². The van der Waals surface area contributed by atoms with Crippen LogP contribution in [0.4, 0.5) is 0 Å². The molecule has 1 N–H and O–H groups in total. The molecule has 2 heterocycles. The Hall–Kier alpha value is -3.10. The van der Waals surface area contributed by atoms with Gasteiger partial charge in [-0.1, -0.05) is 38.1 Å². The Labute approximate surface area is 171 Å². The Morgan fingerprint density at radius 3 is 2.72 bits per heavy atom. The molecule has 3 aromatic rings. The van der Waals surface area contributed by atoms with Crippen LogP contribution in [0.5, 0.6) is 5.75 Å². The highest BCUT2D eigenvalue weighted by Crippen LogP contribution is 2.35. The molecule has 2 aromatic carbocycles. The van der Waals surface area contributed by atoms with Gasteiger partial charge >= 0.3 is 0 Å². The number of benzene rings is 2. The molecule has 0 bridgehead atoms. The van der Waals surface area contributed by atoms with Gasteiger partial charge in [-0.15, -0.1) is 0 Å². The van der Waals surface area contributed by atoms with Crippen molar-refractivity contribution in [3.63, 3.8) is 0 Å². The van der Waals surface area contributed by atoms with Crippen LogP contribution in [0.2, 0.25) is 0 Å². The van der Waals surface area contributed by atoms with Crippen LogP contribution in [0.1, 0.15) is 36.2 Å². The van der Waals surface area contributed by atoms with Gasteiger partial charge in [-0.25, -0.2) is 4.68 Å². The summed E-state index contributed by atoms with van der Waals surface area (Å²) in [6.07, 6.45) is 0.902. The average molecular weight is 386 g/mol. The van der Waals surface area contributed by atoms with E-state index in [1.807, 2.05) is 41.1 Å². The van der Waals surface area contributed by atoms with Gasteiger partial charge < -0.3 is 10.1 Å². The lowest BCUT2D eigenvalue weighted by atomic mass is 10.0. The van der Waals surface area contributed by atoms with Gasteiger partial charge in [-0.3, -0.25) is 0 Å². The molecule has 29 heavy (non-hydrogen) atoms. The lowest BCUT2D eigenvalue weighted by molar-refractivity contribution is 0.270. The van der Waals surface area contributed by atoms with Crippen molar-refractivity contribution in [3.05, 3.63) is 64.8 Å². The molecule has 4 rings (SSSR count). The Bertz CT molecular complexity index is 1060. The summed E-state index contributed by atoms with van der Waals surface area (Å²) >= 11 is 0. The third kappa shape index (κ3) is 3.76. The van der Waals surface area contributed by atoms with Crippen molar-refractivity contribution < 1.29 is 4.74 Å². The summed E-state index contributed by atoms with van der Waals surface area (Å²) in [5, 5.41) is 17.7. The molecule has 0 spiro atoms. The first kappa shape index (κ1) is 19.2. The van der Waals surface area contributed by atoms with Crippen molar-refractivity contribution in [1.82, 2.24) is 15.1 Å². The molecule has 1 aliphatic rings. The van der Waals surface area contributed by atoms with Gasteiger partial charge in [0, 0.05) is 30.6 Å². The Balaban J connectivity index is 1.91. The van der Waals surface area contributed by atoms with Crippen LogP contribution in [-0.4, -0.2) is 22.9 Å². The highest BCUT2D eigenvalue weighted by molar-refractivity contribution is 5.70. The molecule has 0 radical (unpaired) electrons. The average Bonchev–Trinajstić information content (AvgIpc) is 3.11.